The highest BCUT2D eigenvalue weighted by Gasteiger charge is 2.24. The summed E-state index contributed by atoms with van der Waals surface area (Å²) in [5.41, 5.74) is 2.20. The molecule has 33 heavy (non-hydrogen) atoms. The minimum atomic E-state index is 0. The summed E-state index contributed by atoms with van der Waals surface area (Å²) in [5, 5.41) is 9.29. The SMILES string of the molecule is C.C.CCCCCn1cc[n+](CCCCC)c1N=Nc1ccc(N2CC[N+](C)(C)CC2)cc1. The molecule has 0 saturated carbocycles. The van der Waals surface area contributed by atoms with E-state index < -0.39 is 0 Å². The average Bonchev–Trinajstić information content (AvgIpc) is 3.15. The van der Waals surface area contributed by atoms with Crippen molar-refractivity contribution < 1.29 is 9.05 Å². The summed E-state index contributed by atoms with van der Waals surface area (Å²) in [6.45, 7) is 11.1. The van der Waals surface area contributed by atoms with Crippen molar-refractivity contribution in [3.05, 3.63) is 36.7 Å². The second-order valence-electron chi connectivity index (χ2n) is 9.49. The van der Waals surface area contributed by atoms with Gasteiger partial charge >= 0.3 is 5.95 Å². The van der Waals surface area contributed by atoms with Gasteiger partial charge in [0, 0.05) is 10.8 Å². The van der Waals surface area contributed by atoms with Crippen LogP contribution in [-0.4, -0.2) is 49.3 Å². The highest BCUT2D eigenvalue weighted by molar-refractivity contribution is 5.52. The first-order valence-corrected chi connectivity index (χ1v) is 12.2. The molecule has 6 nitrogen and oxygen atoms in total. The fourth-order valence-electron chi connectivity index (χ4n) is 4.08. The molecule has 0 spiro atoms. The number of anilines is 1. The van der Waals surface area contributed by atoms with E-state index in [9.17, 15) is 0 Å². The largest absolute Gasteiger partial charge is 0.421 e. The van der Waals surface area contributed by atoms with Crippen molar-refractivity contribution in [2.45, 2.75) is 80.3 Å². The Labute approximate surface area is 203 Å². The molecule has 6 heteroatoms. The van der Waals surface area contributed by atoms with Gasteiger partial charge in [0.2, 0.25) is 0 Å². The van der Waals surface area contributed by atoms with Crippen LogP contribution >= 0.6 is 0 Å². The first-order valence-electron chi connectivity index (χ1n) is 12.2. The summed E-state index contributed by atoms with van der Waals surface area (Å²) in [6, 6.07) is 8.57. The van der Waals surface area contributed by atoms with Crippen LogP contribution in [0.15, 0.2) is 46.9 Å². The Hall–Kier alpha value is -2.21. The maximum atomic E-state index is 4.69. The molecule has 0 radical (unpaired) electrons. The van der Waals surface area contributed by atoms with E-state index in [2.05, 4.69) is 88.9 Å². The van der Waals surface area contributed by atoms with Gasteiger partial charge in [0.15, 0.2) is 0 Å². The Balaban J connectivity index is 0.00000272. The van der Waals surface area contributed by atoms with Crippen LogP contribution in [0.2, 0.25) is 0 Å². The number of hydrogen-bond donors (Lipinski definition) is 0. The summed E-state index contributed by atoms with van der Waals surface area (Å²) < 4.78 is 5.62. The molecule has 1 aliphatic heterocycles. The number of piperazine rings is 1. The van der Waals surface area contributed by atoms with Crippen LogP contribution in [0.3, 0.4) is 0 Å². The lowest BCUT2D eigenvalue weighted by Crippen LogP contribution is -2.54. The molecule has 1 aliphatic rings. The van der Waals surface area contributed by atoms with Crippen LogP contribution in [0.4, 0.5) is 17.3 Å². The van der Waals surface area contributed by atoms with Crippen LogP contribution < -0.4 is 9.47 Å². The summed E-state index contributed by atoms with van der Waals surface area (Å²) in [6.07, 6.45) is 11.6. The Morgan fingerprint density at radius 1 is 0.879 bits per heavy atom. The zero-order chi connectivity index (χ0) is 22.1. The number of imidazole rings is 1. The maximum Gasteiger partial charge on any atom is 0.421 e. The summed E-state index contributed by atoms with van der Waals surface area (Å²) in [5.74, 6) is 0.965. The number of likely N-dealkylation sites (N-methyl/N-ethyl adjacent to an activating group) is 1. The molecule has 3 rings (SSSR count). The van der Waals surface area contributed by atoms with Crippen molar-refractivity contribution in [3.63, 3.8) is 0 Å². The molecule has 0 N–H and O–H groups in total. The summed E-state index contributed by atoms with van der Waals surface area (Å²) in [7, 11) is 4.63. The Kier molecular flexibility index (Phi) is 12.3. The average molecular weight is 459 g/mol. The van der Waals surface area contributed by atoms with Crippen LogP contribution in [0, 0.1) is 0 Å². The molecule has 0 unspecified atom stereocenters. The fourth-order valence-corrected chi connectivity index (χ4v) is 4.08. The number of azo groups is 1. The predicted octanol–water partition coefficient (Wildman–Crippen LogP) is 6.74. The van der Waals surface area contributed by atoms with Gasteiger partial charge in [-0.3, -0.25) is 0 Å². The van der Waals surface area contributed by atoms with Crippen molar-refractivity contribution in [2.24, 2.45) is 10.2 Å². The van der Waals surface area contributed by atoms with Gasteiger partial charge in [-0.1, -0.05) is 59.5 Å². The van der Waals surface area contributed by atoms with E-state index in [1.54, 1.807) is 0 Å². The lowest BCUT2D eigenvalue weighted by Gasteiger charge is -2.40. The van der Waals surface area contributed by atoms with Crippen molar-refractivity contribution in [1.29, 1.82) is 0 Å². The molecule has 2 aromatic rings. The van der Waals surface area contributed by atoms with E-state index in [0.29, 0.717) is 0 Å². The van der Waals surface area contributed by atoms with Gasteiger partial charge in [-0.05, 0) is 37.1 Å². The second kappa shape index (κ2) is 14.1. The number of unbranched alkanes of at least 4 members (excludes halogenated alkanes) is 4. The van der Waals surface area contributed by atoms with Gasteiger partial charge in [0.25, 0.3) is 0 Å². The molecule has 1 fully saturated rings. The Morgan fingerprint density at radius 2 is 1.52 bits per heavy atom. The summed E-state index contributed by atoms with van der Waals surface area (Å²) in [4.78, 5) is 2.48. The van der Waals surface area contributed by atoms with Crippen molar-refractivity contribution >= 4 is 17.3 Å². The number of aromatic nitrogens is 2. The molecular formula is C27H50N6+2. The van der Waals surface area contributed by atoms with E-state index >= 15 is 0 Å². The lowest BCUT2D eigenvalue weighted by atomic mass is 10.2. The zero-order valence-electron chi connectivity index (χ0n) is 20.1. The minimum absolute atomic E-state index is 0. The van der Waals surface area contributed by atoms with Gasteiger partial charge in [0.1, 0.15) is 5.69 Å². The molecule has 1 aromatic carbocycles. The number of nitrogens with zero attached hydrogens (tertiary/aromatic N) is 6. The quantitative estimate of drug-likeness (QED) is 0.159. The molecular weight excluding hydrogens is 408 g/mol. The number of hydrogen-bond acceptors (Lipinski definition) is 3. The third-order valence-corrected chi connectivity index (χ3v) is 6.37. The molecule has 2 heterocycles. The molecule has 0 atom stereocenters. The predicted molar refractivity (Wildman–Crippen MR) is 142 cm³/mol. The van der Waals surface area contributed by atoms with Gasteiger partial charge in [0.05, 0.1) is 65.8 Å². The van der Waals surface area contributed by atoms with E-state index in [4.69, 9.17) is 0 Å². The van der Waals surface area contributed by atoms with Gasteiger partial charge in [-0.2, -0.15) is 0 Å². The molecule has 1 saturated heterocycles. The van der Waals surface area contributed by atoms with Crippen LogP contribution in [0.25, 0.3) is 0 Å². The van der Waals surface area contributed by atoms with Crippen LogP contribution in [-0.2, 0) is 13.1 Å². The molecule has 186 valence electrons. The van der Waals surface area contributed by atoms with Crippen LogP contribution in [0.1, 0.15) is 67.2 Å². The summed E-state index contributed by atoms with van der Waals surface area (Å²) >= 11 is 0. The van der Waals surface area contributed by atoms with Crippen LogP contribution in [0.5, 0.6) is 0 Å². The first-order chi connectivity index (χ1) is 15.0. The maximum absolute atomic E-state index is 4.69. The molecule has 1 aromatic heterocycles. The first kappa shape index (κ1) is 28.8. The number of benzene rings is 1. The number of quaternary nitrogens is 1. The van der Waals surface area contributed by atoms with Crippen molar-refractivity contribution in [2.75, 3.05) is 45.2 Å². The molecule has 0 aliphatic carbocycles. The highest BCUT2D eigenvalue weighted by atomic mass is 15.4. The third kappa shape index (κ3) is 8.58. The Bertz CT molecular complexity index is 784. The van der Waals surface area contributed by atoms with Gasteiger partial charge in [-0.25, -0.2) is 9.13 Å². The van der Waals surface area contributed by atoms with Gasteiger partial charge < -0.3 is 9.38 Å². The van der Waals surface area contributed by atoms with E-state index in [1.165, 1.54) is 57.3 Å². The minimum Gasteiger partial charge on any atom is -0.360 e. The fraction of sp³-hybridized carbons (Fsp3) is 0.667. The lowest BCUT2D eigenvalue weighted by molar-refractivity contribution is -0.890. The normalized spacial score (nSPS) is 15.3. The number of aryl methyl sites for hydroxylation is 2. The monoisotopic (exact) mass is 458 g/mol. The smallest absolute Gasteiger partial charge is 0.360 e. The highest BCUT2D eigenvalue weighted by Crippen LogP contribution is 2.23. The van der Waals surface area contributed by atoms with E-state index in [-0.39, 0.29) is 14.9 Å². The van der Waals surface area contributed by atoms with Crippen molar-refractivity contribution in [3.8, 4) is 0 Å². The van der Waals surface area contributed by atoms with E-state index in [0.717, 1.165) is 42.3 Å². The molecule has 0 bridgehead atoms. The van der Waals surface area contributed by atoms with E-state index in [1.807, 2.05) is 0 Å². The second-order valence-corrected chi connectivity index (χ2v) is 9.49. The van der Waals surface area contributed by atoms with Crippen molar-refractivity contribution in [1.82, 2.24) is 4.57 Å². The Morgan fingerprint density at radius 3 is 2.15 bits per heavy atom. The standard InChI is InChI=1S/C25H42N6.2CH4/c1-5-7-9-15-29-17-18-30(16-10-8-6-2)25(29)27-26-23-11-13-24(14-12-23)28-19-21-31(3,4)22-20-28;;/h11-14,17-18H,5-10,15-16,19-22H2,1-4H3;2*1H4/q+2;;. The molecule has 0 amide bonds. The van der Waals surface area contributed by atoms with Gasteiger partial charge in [-0.15, -0.1) is 0 Å². The third-order valence-electron chi connectivity index (χ3n) is 6.37. The zero-order valence-corrected chi connectivity index (χ0v) is 20.1. The topological polar surface area (TPSA) is 36.8 Å². The number of rotatable bonds is 11.